The molecule has 1 aromatic carbocycles. The van der Waals surface area contributed by atoms with Gasteiger partial charge in [0.15, 0.2) is 0 Å². The third-order valence-corrected chi connectivity index (χ3v) is 4.80. The lowest BCUT2D eigenvalue weighted by atomic mass is 9.97. The second-order valence-corrected chi connectivity index (χ2v) is 7.17. The number of hydrogen-bond acceptors (Lipinski definition) is 2. The summed E-state index contributed by atoms with van der Waals surface area (Å²) in [7, 11) is 2.19. The first-order valence-electron chi connectivity index (χ1n) is 7.53. The van der Waals surface area contributed by atoms with E-state index >= 15 is 0 Å². The summed E-state index contributed by atoms with van der Waals surface area (Å²) in [5.41, 5.74) is 2.08. The molecule has 0 N–H and O–H groups in total. The monoisotopic (exact) mass is 325 g/mol. The van der Waals surface area contributed by atoms with Gasteiger partial charge in [0.25, 0.3) is 0 Å². The van der Waals surface area contributed by atoms with E-state index < -0.39 is 0 Å². The second kappa shape index (κ2) is 6.15. The maximum absolute atomic E-state index is 6.34. The minimum Gasteiger partial charge on any atom is -0.326 e. The molecule has 2 aromatic rings. The summed E-state index contributed by atoms with van der Waals surface area (Å²) >= 11 is 12.4. The summed E-state index contributed by atoms with van der Waals surface area (Å²) < 4.78 is 2.29. The van der Waals surface area contributed by atoms with Crippen LogP contribution in [0.1, 0.15) is 31.0 Å². The Balaban J connectivity index is 1.93. The van der Waals surface area contributed by atoms with Crippen molar-refractivity contribution in [1.82, 2.24) is 14.5 Å². The first kappa shape index (κ1) is 15.1. The smallest absolute Gasteiger partial charge is 0.127 e. The maximum atomic E-state index is 6.34. The minimum absolute atomic E-state index is 0.0950. The standard InChI is InChI=1S/C16H21Cl2N3/c1-11(17)16-19-14-9-13(18)3-4-15(14)21(16)10-12-5-7-20(2)8-6-12/h3-4,9,11-12H,5-8,10H2,1-2H3. The molecule has 0 bridgehead atoms. The maximum Gasteiger partial charge on any atom is 0.127 e. The summed E-state index contributed by atoms with van der Waals surface area (Å²) in [4.78, 5) is 7.09. The first-order valence-corrected chi connectivity index (χ1v) is 8.34. The topological polar surface area (TPSA) is 21.1 Å². The lowest BCUT2D eigenvalue weighted by Crippen LogP contribution is -2.32. The molecule has 1 saturated heterocycles. The van der Waals surface area contributed by atoms with Crippen molar-refractivity contribution in [2.24, 2.45) is 5.92 Å². The number of fused-ring (bicyclic) bond motifs is 1. The molecule has 114 valence electrons. The third kappa shape index (κ3) is 3.20. The van der Waals surface area contributed by atoms with Gasteiger partial charge in [0.2, 0.25) is 0 Å². The lowest BCUT2D eigenvalue weighted by Gasteiger charge is -2.29. The first-order chi connectivity index (χ1) is 10.0. The Labute approximate surface area is 135 Å². The summed E-state index contributed by atoms with van der Waals surface area (Å²) in [5.74, 6) is 1.65. The molecule has 1 unspecified atom stereocenters. The zero-order valence-electron chi connectivity index (χ0n) is 12.5. The van der Waals surface area contributed by atoms with E-state index in [2.05, 4.69) is 27.6 Å². The van der Waals surface area contributed by atoms with Crippen LogP contribution < -0.4 is 0 Å². The lowest BCUT2D eigenvalue weighted by molar-refractivity contribution is 0.205. The number of rotatable bonds is 3. The minimum atomic E-state index is -0.0950. The summed E-state index contributed by atoms with van der Waals surface area (Å²) in [6, 6.07) is 5.91. The highest BCUT2D eigenvalue weighted by Crippen LogP contribution is 2.29. The molecule has 1 fully saturated rings. The number of alkyl halides is 1. The fourth-order valence-corrected chi connectivity index (χ4v) is 3.45. The Hall–Kier alpha value is -0.770. The predicted octanol–water partition coefficient (Wildman–Crippen LogP) is 4.33. The number of benzene rings is 1. The van der Waals surface area contributed by atoms with Crippen LogP contribution in [0, 0.1) is 5.92 Å². The van der Waals surface area contributed by atoms with Gasteiger partial charge < -0.3 is 9.47 Å². The van der Waals surface area contributed by atoms with Gasteiger partial charge in [-0.2, -0.15) is 0 Å². The van der Waals surface area contributed by atoms with Gasteiger partial charge in [-0.3, -0.25) is 0 Å². The van der Waals surface area contributed by atoms with Crippen molar-refractivity contribution in [3.05, 3.63) is 29.0 Å². The van der Waals surface area contributed by atoms with Gasteiger partial charge in [0.1, 0.15) is 5.82 Å². The average molecular weight is 326 g/mol. The van der Waals surface area contributed by atoms with Crippen molar-refractivity contribution in [1.29, 1.82) is 0 Å². The molecule has 5 heteroatoms. The predicted molar refractivity (Wildman–Crippen MR) is 89.2 cm³/mol. The molecule has 1 aliphatic heterocycles. The van der Waals surface area contributed by atoms with Crippen LogP contribution in [0.4, 0.5) is 0 Å². The van der Waals surface area contributed by atoms with Crippen LogP contribution in [0.15, 0.2) is 18.2 Å². The second-order valence-electron chi connectivity index (χ2n) is 6.08. The zero-order valence-corrected chi connectivity index (χ0v) is 14.0. The van der Waals surface area contributed by atoms with Crippen LogP contribution >= 0.6 is 23.2 Å². The van der Waals surface area contributed by atoms with E-state index in [1.54, 1.807) is 0 Å². The van der Waals surface area contributed by atoms with Crippen LogP contribution in [0.3, 0.4) is 0 Å². The summed E-state index contributed by atoms with van der Waals surface area (Å²) in [5, 5.41) is 0.627. The number of halogens is 2. The van der Waals surface area contributed by atoms with Crippen LogP contribution in [0.5, 0.6) is 0 Å². The molecule has 3 nitrogen and oxygen atoms in total. The summed E-state index contributed by atoms with van der Waals surface area (Å²) in [6.45, 7) is 5.33. The van der Waals surface area contributed by atoms with Gasteiger partial charge in [-0.1, -0.05) is 11.6 Å². The highest BCUT2D eigenvalue weighted by atomic mass is 35.5. The number of hydrogen-bond donors (Lipinski definition) is 0. The Morgan fingerprint density at radius 2 is 2.05 bits per heavy atom. The van der Waals surface area contributed by atoms with Gasteiger partial charge in [-0.25, -0.2) is 4.98 Å². The third-order valence-electron chi connectivity index (χ3n) is 4.37. The molecule has 1 aliphatic rings. The number of imidazole rings is 1. The van der Waals surface area contributed by atoms with Crippen LogP contribution in [-0.4, -0.2) is 34.6 Å². The fourth-order valence-electron chi connectivity index (χ4n) is 3.12. The quantitative estimate of drug-likeness (QED) is 0.783. The molecular weight excluding hydrogens is 305 g/mol. The number of likely N-dealkylation sites (tertiary alicyclic amines) is 1. The van der Waals surface area contributed by atoms with Crippen molar-refractivity contribution in [3.63, 3.8) is 0 Å². The van der Waals surface area contributed by atoms with Crippen molar-refractivity contribution >= 4 is 34.2 Å². The van der Waals surface area contributed by atoms with Crippen molar-refractivity contribution in [2.45, 2.75) is 31.7 Å². The molecule has 0 aliphatic carbocycles. The Bertz CT molecular complexity index is 628. The molecule has 3 rings (SSSR count). The highest BCUT2D eigenvalue weighted by molar-refractivity contribution is 6.31. The number of nitrogens with zero attached hydrogens (tertiary/aromatic N) is 3. The van der Waals surface area contributed by atoms with Crippen molar-refractivity contribution in [2.75, 3.05) is 20.1 Å². The van der Waals surface area contributed by atoms with Gasteiger partial charge in [0.05, 0.1) is 16.4 Å². The van der Waals surface area contributed by atoms with Gasteiger partial charge in [-0.15, -0.1) is 11.6 Å². The molecule has 21 heavy (non-hydrogen) atoms. The molecule has 0 spiro atoms. The van der Waals surface area contributed by atoms with E-state index in [-0.39, 0.29) is 5.38 Å². The molecule has 1 aromatic heterocycles. The Morgan fingerprint density at radius 3 is 2.71 bits per heavy atom. The Morgan fingerprint density at radius 1 is 1.33 bits per heavy atom. The normalized spacial score (nSPS) is 19.2. The molecule has 1 atom stereocenters. The van der Waals surface area contributed by atoms with E-state index in [0.29, 0.717) is 5.92 Å². The zero-order chi connectivity index (χ0) is 15.0. The average Bonchev–Trinajstić information content (AvgIpc) is 2.79. The molecule has 0 amide bonds. The van der Waals surface area contributed by atoms with Gasteiger partial charge in [-0.05, 0) is 64.0 Å². The molecular formula is C16H21Cl2N3. The van der Waals surface area contributed by atoms with E-state index in [1.807, 2.05) is 19.1 Å². The fraction of sp³-hybridized carbons (Fsp3) is 0.562. The number of aromatic nitrogens is 2. The molecule has 0 radical (unpaired) electrons. The van der Waals surface area contributed by atoms with Gasteiger partial charge >= 0.3 is 0 Å². The van der Waals surface area contributed by atoms with E-state index in [0.717, 1.165) is 28.4 Å². The summed E-state index contributed by atoms with van der Waals surface area (Å²) in [6.07, 6.45) is 2.47. The van der Waals surface area contributed by atoms with Gasteiger partial charge in [0, 0.05) is 11.6 Å². The Kier molecular flexibility index (Phi) is 4.43. The molecule has 0 saturated carbocycles. The number of piperidine rings is 1. The van der Waals surface area contributed by atoms with Crippen LogP contribution in [0.25, 0.3) is 11.0 Å². The SMILES string of the molecule is CC(Cl)c1nc2cc(Cl)ccc2n1CC1CCN(C)CC1. The largest absolute Gasteiger partial charge is 0.326 e. The van der Waals surface area contributed by atoms with Crippen molar-refractivity contribution < 1.29 is 0 Å². The van der Waals surface area contributed by atoms with E-state index in [9.17, 15) is 0 Å². The highest BCUT2D eigenvalue weighted by Gasteiger charge is 2.21. The molecule has 2 heterocycles. The van der Waals surface area contributed by atoms with Crippen LogP contribution in [0.2, 0.25) is 5.02 Å². The van der Waals surface area contributed by atoms with E-state index in [1.165, 1.54) is 25.9 Å². The van der Waals surface area contributed by atoms with E-state index in [4.69, 9.17) is 23.2 Å². The van der Waals surface area contributed by atoms with Crippen LogP contribution in [-0.2, 0) is 6.54 Å². The van der Waals surface area contributed by atoms with Crippen molar-refractivity contribution in [3.8, 4) is 0 Å².